The standard InChI is InChI=1S/C29H24F3N3O3S/c30-29(31,32)24-6-3-5-22(18-24)21-8-10-25(11-9-21)39(37,38)35-26-7-2-1-4-23(26)19-27(35)28(36)34-17-14-20-12-15-33-16-13-20/h1-13,15-16,18,27H,14,17,19H2,(H,34,36)/t27-/m0/s1. The number of amides is 1. The Balaban J connectivity index is 1.40. The number of nitrogens with zero attached hydrogens (tertiary/aromatic N) is 2. The molecule has 1 atom stereocenters. The minimum atomic E-state index is -4.49. The van der Waals surface area contributed by atoms with Gasteiger partial charge in [0, 0.05) is 25.4 Å². The fraction of sp³-hybridized carbons (Fsp3) is 0.172. The SMILES string of the molecule is O=C(NCCc1ccncc1)[C@@H]1Cc2ccccc2N1S(=O)(=O)c1ccc(-c2cccc(C(F)(F)F)c2)cc1. The van der Waals surface area contributed by atoms with Gasteiger partial charge >= 0.3 is 6.18 Å². The molecule has 200 valence electrons. The van der Waals surface area contributed by atoms with Crippen LogP contribution >= 0.6 is 0 Å². The molecule has 5 rings (SSSR count). The minimum absolute atomic E-state index is 0.0653. The number of aromatic nitrogens is 1. The van der Waals surface area contributed by atoms with Crippen molar-refractivity contribution < 1.29 is 26.4 Å². The third-order valence-corrected chi connectivity index (χ3v) is 8.46. The number of benzene rings is 3. The molecule has 0 aliphatic carbocycles. The summed E-state index contributed by atoms with van der Waals surface area (Å²) >= 11 is 0. The minimum Gasteiger partial charge on any atom is -0.354 e. The molecule has 4 aromatic rings. The number of pyridine rings is 1. The molecular weight excluding hydrogens is 527 g/mol. The van der Waals surface area contributed by atoms with Crippen LogP contribution in [0.1, 0.15) is 16.7 Å². The molecule has 1 N–H and O–H groups in total. The van der Waals surface area contributed by atoms with Crippen LogP contribution in [0.25, 0.3) is 11.1 Å². The molecule has 0 spiro atoms. The summed E-state index contributed by atoms with van der Waals surface area (Å²) < 4.78 is 68.2. The van der Waals surface area contributed by atoms with E-state index in [9.17, 15) is 26.4 Å². The maximum absolute atomic E-state index is 13.8. The van der Waals surface area contributed by atoms with Gasteiger partial charge in [-0.15, -0.1) is 0 Å². The number of carbonyl (C=O) groups is 1. The Bertz CT molecular complexity index is 1590. The number of alkyl halides is 3. The zero-order chi connectivity index (χ0) is 27.6. The number of halogens is 3. The highest BCUT2D eigenvalue weighted by atomic mass is 32.2. The van der Waals surface area contributed by atoms with Gasteiger partial charge in [-0.1, -0.05) is 42.5 Å². The summed E-state index contributed by atoms with van der Waals surface area (Å²) in [5, 5.41) is 2.85. The second-order valence-electron chi connectivity index (χ2n) is 9.15. The molecule has 0 saturated carbocycles. The van der Waals surface area contributed by atoms with Gasteiger partial charge in [-0.3, -0.25) is 14.1 Å². The van der Waals surface area contributed by atoms with E-state index in [1.165, 1.54) is 36.4 Å². The van der Waals surface area contributed by atoms with Crippen molar-refractivity contribution >= 4 is 21.6 Å². The molecule has 1 aliphatic rings. The topological polar surface area (TPSA) is 79.4 Å². The Hall–Kier alpha value is -4.18. The highest BCUT2D eigenvalue weighted by Crippen LogP contribution is 2.38. The number of hydrogen-bond acceptors (Lipinski definition) is 4. The highest BCUT2D eigenvalue weighted by Gasteiger charge is 2.42. The van der Waals surface area contributed by atoms with Crippen LogP contribution in [0, 0.1) is 0 Å². The lowest BCUT2D eigenvalue weighted by molar-refractivity contribution is -0.137. The van der Waals surface area contributed by atoms with Gasteiger partial charge in [0.25, 0.3) is 10.0 Å². The number of para-hydroxylation sites is 1. The van der Waals surface area contributed by atoms with Gasteiger partial charge < -0.3 is 5.32 Å². The van der Waals surface area contributed by atoms with Crippen molar-refractivity contribution in [3.05, 3.63) is 114 Å². The van der Waals surface area contributed by atoms with Crippen LogP contribution in [-0.2, 0) is 33.8 Å². The van der Waals surface area contributed by atoms with Crippen molar-refractivity contribution in [2.24, 2.45) is 0 Å². The van der Waals surface area contributed by atoms with Crippen molar-refractivity contribution in [3.63, 3.8) is 0 Å². The molecule has 3 aromatic carbocycles. The molecule has 0 bridgehead atoms. The molecule has 10 heteroatoms. The summed E-state index contributed by atoms with van der Waals surface area (Å²) in [4.78, 5) is 17.1. The van der Waals surface area contributed by atoms with Crippen LogP contribution in [0.15, 0.2) is 102 Å². The van der Waals surface area contributed by atoms with E-state index in [0.717, 1.165) is 27.6 Å². The van der Waals surface area contributed by atoms with Gasteiger partial charge in [0.2, 0.25) is 5.91 Å². The summed E-state index contributed by atoms with van der Waals surface area (Å²) in [7, 11) is -4.17. The van der Waals surface area contributed by atoms with Gasteiger partial charge in [-0.05, 0) is 71.1 Å². The van der Waals surface area contributed by atoms with Gasteiger partial charge in [0.15, 0.2) is 0 Å². The quantitative estimate of drug-likeness (QED) is 0.341. The fourth-order valence-corrected chi connectivity index (χ4v) is 6.31. The smallest absolute Gasteiger partial charge is 0.354 e. The maximum atomic E-state index is 13.8. The molecule has 2 heterocycles. The summed E-state index contributed by atoms with van der Waals surface area (Å²) in [5.74, 6) is -0.413. The highest BCUT2D eigenvalue weighted by molar-refractivity contribution is 7.93. The monoisotopic (exact) mass is 551 g/mol. The maximum Gasteiger partial charge on any atom is 0.416 e. The van der Waals surface area contributed by atoms with E-state index in [1.54, 1.807) is 36.7 Å². The number of carbonyl (C=O) groups excluding carboxylic acids is 1. The van der Waals surface area contributed by atoms with Crippen LogP contribution in [0.3, 0.4) is 0 Å². The molecule has 0 fully saturated rings. The number of rotatable bonds is 7. The van der Waals surface area contributed by atoms with Gasteiger partial charge in [0.1, 0.15) is 6.04 Å². The second-order valence-corrected chi connectivity index (χ2v) is 11.0. The zero-order valence-electron chi connectivity index (χ0n) is 20.6. The molecule has 39 heavy (non-hydrogen) atoms. The van der Waals surface area contributed by atoms with E-state index in [4.69, 9.17) is 0 Å². The number of anilines is 1. The largest absolute Gasteiger partial charge is 0.416 e. The molecule has 1 aromatic heterocycles. The van der Waals surface area contributed by atoms with Gasteiger partial charge in [-0.25, -0.2) is 8.42 Å². The third-order valence-electron chi connectivity index (χ3n) is 6.62. The Labute approximate surface area is 224 Å². The molecule has 1 aliphatic heterocycles. The summed E-state index contributed by atoms with van der Waals surface area (Å²) in [6.07, 6.45) is -0.373. The number of hydrogen-bond donors (Lipinski definition) is 1. The zero-order valence-corrected chi connectivity index (χ0v) is 21.4. The first kappa shape index (κ1) is 26.4. The van der Waals surface area contributed by atoms with Crippen molar-refractivity contribution in [1.82, 2.24) is 10.3 Å². The van der Waals surface area contributed by atoms with Gasteiger partial charge in [-0.2, -0.15) is 13.2 Å². The predicted octanol–water partition coefficient (Wildman–Crippen LogP) is 5.25. The molecule has 1 amide bonds. The molecule has 6 nitrogen and oxygen atoms in total. The fourth-order valence-electron chi connectivity index (χ4n) is 4.66. The molecule has 0 radical (unpaired) electrons. The van der Waals surface area contributed by atoms with E-state index in [-0.39, 0.29) is 11.3 Å². The van der Waals surface area contributed by atoms with Crippen molar-refractivity contribution in [2.75, 3.05) is 10.8 Å². The molecule has 0 saturated heterocycles. The average Bonchev–Trinajstić information content (AvgIpc) is 3.34. The summed E-state index contributed by atoms with van der Waals surface area (Å²) in [5.41, 5.74) is 2.11. The lowest BCUT2D eigenvalue weighted by Crippen LogP contribution is -2.48. The van der Waals surface area contributed by atoms with Crippen LogP contribution < -0.4 is 9.62 Å². The Morgan fingerprint density at radius 2 is 1.64 bits per heavy atom. The van der Waals surface area contributed by atoms with Crippen LogP contribution in [0.2, 0.25) is 0 Å². The van der Waals surface area contributed by atoms with E-state index in [2.05, 4.69) is 10.3 Å². The first-order valence-electron chi connectivity index (χ1n) is 12.2. The van der Waals surface area contributed by atoms with E-state index in [0.29, 0.717) is 29.8 Å². The molecule has 0 unspecified atom stereocenters. The first-order chi connectivity index (χ1) is 18.6. The van der Waals surface area contributed by atoms with Crippen molar-refractivity contribution in [2.45, 2.75) is 30.0 Å². The van der Waals surface area contributed by atoms with Gasteiger partial charge in [0.05, 0.1) is 16.1 Å². The number of fused-ring (bicyclic) bond motifs is 1. The lowest BCUT2D eigenvalue weighted by Gasteiger charge is -2.26. The molecular formula is C29H24F3N3O3S. The average molecular weight is 552 g/mol. The van der Waals surface area contributed by atoms with Crippen molar-refractivity contribution in [1.29, 1.82) is 0 Å². The Morgan fingerprint density at radius 3 is 2.36 bits per heavy atom. The van der Waals surface area contributed by atoms with Crippen LogP contribution in [0.5, 0.6) is 0 Å². The first-order valence-corrected chi connectivity index (χ1v) is 13.7. The number of sulfonamides is 1. The lowest BCUT2D eigenvalue weighted by atomic mass is 10.0. The van der Waals surface area contributed by atoms with E-state index < -0.39 is 33.7 Å². The second kappa shape index (κ2) is 10.5. The van der Waals surface area contributed by atoms with Crippen molar-refractivity contribution in [3.8, 4) is 11.1 Å². The predicted molar refractivity (Wildman–Crippen MR) is 141 cm³/mol. The van der Waals surface area contributed by atoms with Crippen LogP contribution in [0.4, 0.5) is 18.9 Å². The summed E-state index contributed by atoms with van der Waals surface area (Å²) in [6.45, 7) is 0.329. The summed E-state index contributed by atoms with van der Waals surface area (Å²) in [6, 6.07) is 20.1. The Morgan fingerprint density at radius 1 is 0.923 bits per heavy atom. The third kappa shape index (κ3) is 5.51. The van der Waals surface area contributed by atoms with E-state index >= 15 is 0 Å². The Kier molecular flexibility index (Phi) is 7.14. The van der Waals surface area contributed by atoms with E-state index in [1.807, 2.05) is 12.1 Å². The number of nitrogens with one attached hydrogen (secondary N) is 1. The normalized spacial score (nSPS) is 15.2. The van der Waals surface area contributed by atoms with Crippen LogP contribution in [-0.4, -0.2) is 31.9 Å².